The van der Waals surface area contributed by atoms with Crippen LogP contribution in [0.25, 0.3) is 11.3 Å². The molecule has 1 saturated heterocycles. The molecule has 0 N–H and O–H groups in total. The number of ether oxygens (including phenoxy) is 2. The van der Waals surface area contributed by atoms with Crippen molar-refractivity contribution in [1.29, 1.82) is 0 Å². The van der Waals surface area contributed by atoms with Crippen LogP contribution in [-0.4, -0.2) is 35.6 Å². The number of hydrogen-bond acceptors (Lipinski definition) is 5. The van der Waals surface area contributed by atoms with Crippen molar-refractivity contribution < 1.29 is 14.3 Å². The van der Waals surface area contributed by atoms with Crippen molar-refractivity contribution >= 4 is 17.7 Å². The molecule has 2 aliphatic heterocycles. The lowest BCUT2D eigenvalue weighted by atomic mass is 10.0. The normalized spacial score (nSPS) is 17.2. The van der Waals surface area contributed by atoms with Crippen molar-refractivity contribution in [3.8, 4) is 11.3 Å². The van der Waals surface area contributed by atoms with Crippen molar-refractivity contribution in [2.24, 2.45) is 0 Å². The minimum Gasteiger partial charge on any atom is -0.461 e. The second-order valence-electron chi connectivity index (χ2n) is 5.97. The summed E-state index contributed by atoms with van der Waals surface area (Å²) >= 11 is 1.76. The van der Waals surface area contributed by atoms with Gasteiger partial charge in [0.2, 0.25) is 0 Å². The van der Waals surface area contributed by atoms with Gasteiger partial charge >= 0.3 is 5.97 Å². The molecule has 5 nitrogen and oxygen atoms in total. The number of thioether (sulfide) groups is 1. The van der Waals surface area contributed by atoms with E-state index < -0.39 is 0 Å². The van der Waals surface area contributed by atoms with E-state index in [1.807, 2.05) is 13.0 Å². The first-order valence-electron chi connectivity index (χ1n) is 8.38. The van der Waals surface area contributed by atoms with Crippen LogP contribution in [0.5, 0.6) is 0 Å². The molecule has 0 atom stereocenters. The molecule has 0 radical (unpaired) electrons. The van der Waals surface area contributed by atoms with Gasteiger partial charge in [0.1, 0.15) is 0 Å². The summed E-state index contributed by atoms with van der Waals surface area (Å²) in [6.45, 7) is 3.67. The fraction of sp³-hybridized carbons (Fsp3) is 0.444. The summed E-state index contributed by atoms with van der Waals surface area (Å²) in [6, 6.07) is 8.62. The smallest absolute Gasteiger partial charge is 0.359 e. The van der Waals surface area contributed by atoms with Gasteiger partial charge in [0, 0.05) is 35.0 Å². The van der Waals surface area contributed by atoms with E-state index in [-0.39, 0.29) is 12.0 Å². The lowest BCUT2D eigenvalue weighted by molar-refractivity contribution is 0.0512. The molecule has 126 valence electrons. The average molecular weight is 344 g/mol. The van der Waals surface area contributed by atoms with Gasteiger partial charge in [0.15, 0.2) is 5.69 Å². The van der Waals surface area contributed by atoms with Crippen LogP contribution in [0.1, 0.15) is 41.9 Å². The van der Waals surface area contributed by atoms with Gasteiger partial charge < -0.3 is 9.47 Å². The maximum absolute atomic E-state index is 12.4. The number of benzene rings is 1. The molecular formula is C18H20N2O3S. The molecule has 1 aromatic carbocycles. The van der Waals surface area contributed by atoms with Gasteiger partial charge in [-0.05, 0) is 25.8 Å². The van der Waals surface area contributed by atoms with Crippen molar-refractivity contribution in [3.05, 3.63) is 35.5 Å². The fourth-order valence-corrected chi connectivity index (χ4v) is 4.45. The zero-order valence-corrected chi connectivity index (χ0v) is 14.5. The molecule has 1 fully saturated rings. The van der Waals surface area contributed by atoms with Gasteiger partial charge in [0.25, 0.3) is 0 Å². The molecule has 0 saturated carbocycles. The summed E-state index contributed by atoms with van der Waals surface area (Å²) in [4.78, 5) is 13.6. The maximum atomic E-state index is 12.4. The van der Waals surface area contributed by atoms with Crippen LogP contribution in [0.15, 0.2) is 29.2 Å². The third kappa shape index (κ3) is 2.63. The number of aromatic nitrogens is 2. The molecule has 0 bridgehead atoms. The van der Waals surface area contributed by atoms with Gasteiger partial charge in [-0.3, -0.25) is 4.68 Å². The Balaban J connectivity index is 1.86. The second kappa shape index (κ2) is 6.61. The third-order valence-electron chi connectivity index (χ3n) is 4.53. The molecule has 0 unspecified atom stereocenters. The highest BCUT2D eigenvalue weighted by Crippen LogP contribution is 2.44. The van der Waals surface area contributed by atoms with E-state index in [2.05, 4.69) is 22.9 Å². The fourth-order valence-electron chi connectivity index (χ4n) is 3.39. The highest BCUT2D eigenvalue weighted by atomic mass is 32.2. The largest absolute Gasteiger partial charge is 0.461 e. The van der Waals surface area contributed by atoms with Crippen LogP contribution >= 0.6 is 11.8 Å². The first-order chi connectivity index (χ1) is 11.8. The van der Waals surface area contributed by atoms with Gasteiger partial charge in [0.05, 0.1) is 18.3 Å². The molecule has 24 heavy (non-hydrogen) atoms. The molecule has 2 aliphatic rings. The molecule has 0 aliphatic carbocycles. The summed E-state index contributed by atoms with van der Waals surface area (Å²) in [5.74, 6) is 0.434. The summed E-state index contributed by atoms with van der Waals surface area (Å²) in [5.41, 5.74) is 3.72. The first-order valence-corrected chi connectivity index (χ1v) is 9.36. The zero-order chi connectivity index (χ0) is 16.5. The molecule has 0 amide bonds. The second-order valence-corrected chi connectivity index (χ2v) is 6.99. The molecule has 6 heteroatoms. The minimum absolute atomic E-state index is 0.270. The monoisotopic (exact) mass is 344 g/mol. The number of carbonyl (C=O) groups excluding carboxylic acids is 1. The summed E-state index contributed by atoms with van der Waals surface area (Å²) in [7, 11) is 0. The number of hydrogen-bond donors (Lipinski definition) is 0. The molecule has 2 aromatic rings. The zero-order valence-electron chi connectivity index (χ0n) is 13.7. The van der Waals surface area contributed by atoms with E-state index in [0.29, 0.717) is 12.3 Å². The van der Waals surface area contributed by atoms with Gasteiger partial charge in [-0.1, -0.05) is 18.2 Å². The lowest BCUT2D eigenvalue weighted by Crippen LogP contribution is -2.21. The van der Waals surface area contributed by atoms with Gasteiger partial charge in [-0.25, -0.2) is 4.79 Å². The predicted octanol–water partition coefficient (Wildman–Crippen LogP) is 3.68. The van der Waals surface area contributed by atoms with E-state index in [0.717, 1.165) is 43.1 Å². The van der Waals surface area contributed by atoms with Gasteiger partial charge in [-0.15, -0.1) is 11.8 Å². The minimum atomic E-state index is -0.320. The Bertz CT molecular complexity index is 766. The quantitative estimate of drug-likeness (QED) is 0.795. The molecule has 0 spiro atoms. The highest BCUT2D eigenvalue weighted by Gasteiger charge is 2.32. The summed E-state index contributed by atoms with van der Waals surface area (Å²) in [6.07, 6.45) is 1.84. The topological polar surface area (TPSA) is 53.3 Å². The average Bonchev–Trinajstić information content (AvgIpc) is 3.03. The van der Waals surface area contributed by atoms with Gasteiger partial charge in [-0.2, -0.15) is 5.10 Å². The Labute approximate surface area is 145 Å². The molecule has 3 heterocycles. The molecule has 1 aromatic heterocycles. The first kappa shape index (κ1) is 15.7. The third-order valence-corrected chi connectivity index (χ3v) is 5.63. The highest BCUT2D eigenvalue weighted by molar-refractivity contribution is 7.98. The van der Waals surface area contributed by atoms with Crippen molar-refractivity contribution in [3.63, 3.8) is 0 Å². The number of rotatable bonds is 3. The van der Waals surface area contributed by atoms with E-state index >= 15 is 0 Å². The Kier molecular flexibility index (Phi) is 4.33. The Hall–Kier alpha value is -1.79. The summed E-state index contributed by atoms with van der Waals surface area (Å²) in [5, 5.41) is 4.71. The van der Waals surface area contributed by atoms with E-state index in [1.54, 1.807) is 11.8 Å². The van der Waals surface area contributed by atoms with Crippen LogP contribution in [-0.2, 0) is 15.2 Å². The van der Waals surface area contributed by atoms with E-state index in [4.69, 9.17) is 14.6 Å². The number of nitrogens with zero attached hydrogens (tertiary/aromatic N) is 2. The molecule has 4 rings (SSSR count). The standard InChI is InChI=1S/C18H20N2O3S/c1-2-23-18(21)16-14-11-24-15-6-4-3-5-13(15)17(14)20(19-16)12-7-9-22-10-8-12/h3-6,12H,2,7-11H2,1H3. The van der Waals surface area contributed by atoms with Crippen molar-refractivity contribution in [2.75, 3.05) is 19.8 Å². The Morgan fingerprint density at radius 3 is 2.96 bits per heavy atom. The van der Waals surface area contributed by atoms with Crippen LogP contribution in [0.4, 0.5) is 0 Å². The predicted molar refractivity (Wildman–Crippen MR) is 92.3 cm³/mol. The van der Waals surface area contributed by atoms with Crippen LogP contribution in [0.3, 0.4) is 0 Å². The Morgan fingerprint density at radius 1 is 1.38 bits per heavy atom. The molecular weight excluding hydrogens is 324 g/mol. The van der Waals surface area contributed by atoms with E-state index in [9.17, 15) is 4.79 Å². The van der Waals surface area contributed by atoms with Crippen LogP contribution < -0.4 is 0 Å². The maximum Gasteiger partial charge on any atom is 0.359 e. The SMILES string of the molecule is CCOC(=O)c1nn(C2CCOCC2)c2c1CSc1ccccc1-2. The number of fused-ring (bicyclic) bond motifs is 3. The Morgan fingerprint density at radius 2 is 2.17 bits per heavy atom. The van der Waals surface area contributed by atoms with Crippen LogP contribution in [0.2, 0.25) is 0 Å². The van der Waals surface area contributed by atoms with Crippen molar-refractivity contribution in [1.82, 2.24) is 9.78 Å². The summed E-state index contributed by atoms with van der Waals surface area (Å²) < 4.78 is 12.8. The van der Waals surface area contributed by atoms with Crippen molar-refractivity contribution in [2.45, 2.75) is 36.5 Å². The lowest BCUT2D eigenvalue weighted by Gasteiger charge is -2.26. The van der Waals surface area contributed by atoms with Crippen LogP contribution in [0, 0.1) is 0 Å². The number of esters is 1. The number of carbonyl (C=O) groups is 1. The van der Waals surface area contributed by atoms with E-state index in [1.165, 1.54) is 10.5 Å².